The molecule has 0 unspecified atom stereocenters. The molecule has 1 aliphatic carbocycles. The van der Waals surface area contributed by atoms with Gasteiger partial charge in [-0.2, -0.15) is 0 Å². The molecule has 130 valence electrons. The fraction of sp³-hybridized carbons (Fsp3) is 0.333. The number of carboxylic acid groups (broad SMARTS) is 1. The summed E-state index contributed by atoms with van der Waals surface area (Å²) in [6.07, 6.45) is 2.63. The Hall–Kier alpha value is -2.62. The lowest BCUT2D eigenvalue weighted by molar-refractivity contribution is -0.122. The second-order valence-corrected chi connectivity index (χ2v) is 7.06. The van der Waals surface area contributed by atoms with E-state index >= 15 is 0 Å². The predicted molar refractivity (Wildman–Crippen MR) is 96.7 cm³/mol. The van der Waals surface area contributed by atoms with Gasteiger partial charge < -0.3 is 10.4 Å². The molecule has 0 bridgehead atoms. The maximum absolute atomic E-state index is 12.2. The van der Waals surface area contributed by atoms with Crippen molar-refractivity contribution < 1.29 is 14.7 Å². The number of hydrogen-bond donors (Lipinski definition) is 2. The Morgan fingerprint density at radius 2 is 1.72 bits per heavy atom. The molecule has 1 amide bonds. The van der Waals surface area contributed by atoms with Crippen LogP contribution in [0.1, 0.15) is 47.7 Å². The Kier molecular flexibility index (Phi) is 4.88. The number of amides is 1. The minimum absolute atomic E-state index is 0.0136. The summed E-state index contributed by atoms with van der Waals surface area (Å²) in [5, 5.41) is 12.3. The van der Waals surface area contributed by atoms with Crippen LogP contribution in [0.5, 0.6) is 0 Å². The first-order valence-electron chi connectivity index (χ1n) is 8.64. The highest BCUT2D eigenvalue weighted by Crippen LogP contribution is 2.43. The number of rotatable bonds is 6. The average molecular weight is 337 g/mol. The van der Waals surface area contributed by atoms with Crippen LogP contribution in [0.3, 0.4) is 0 Å². The molecule has 0 saturated heterocycles. The van der Waals surface area contributed by atoms with E-state index in [1.807, 2.05) is 18.2 Å². The van der Waals surface area contributed by atoms with Crippen molar-refractivity contribution in [1.82, 2.24) is 5.32 Å². The summed E-state index contributed by atoms with van der Waals surface area (Å²) in [5.74, 6) is -0.964. The molecular formula is C21H23NO3. The smallest absolute Gasteiger partial charge is 0.335 e. The van der Waals surface area contributed by atoms with Crippen molar-refractivity contribution in [3.8, 4) is 0 Å². The molecule has 0 aliphatic heterocycles. The highest BCUT2D eigenvalue weighted by molar-refractivity contribution is 5.89. The first-order valence-corrected chi connectivity index (χ1v) is 8.64. The van der Waals surface area contributed by atoms with E-state index in [1.54, 1.807) is 24.3 Å². The van der Waals surface area contributed by atoms with Gasteiger partial charge in [0.1, 0.15) is 0 Å². The van der Waals surface area contributed by atoms with Crippen LogP contribution in [0.4, 0.5) is 0 Å². The van der Waals surface area contributed by atoms with E-state index in [-0.39, 0.29) is 22.9 Å². The average Bonchev–Trinajstić information content (AvgIpc) is 2.59. The maximum Gasteiger partial charge on any atom is 0.335 e. The molecule has 2 aromatic carbocycles. The molecule has 1 saturated carbocycles. The number of hydrogen-bond acceptors (Lipinski definition) is 2. The van der Waals surface area contributed by atoms with E-state index in [2.05, 4.69) is 24.4 Å². The van der Waals surface area contributed by atoms with Crippen LogP contribution in [-0.4, -0.2) is 23.0 Å². The van der Waals surface area contributed by atoms with Gasteiger partial charge in [-0.15, -0.1) is 0 Å². The number of aryl methyl sites for hydroxylation is 1. The molecule has 4 nitrogen and oxygen atoms in total. The molecule has 1 aliphatic rings. The maximum atomic E-state index is 12.2. The summed E-state index contributed by atoms with van der Waals surface area (Å²) >= 11 is 0. The van der Waals surface area contributed by atoms with E-state index < -0.39 is 5.97 Å². The first kappa shape index (κ1) is 17.2. The summed E-state index contributed by atoms with van der Waals surface area (Å²) in [5.41, 5.74) is 2.43. The monoisotopic (exact) mass is 337 g/mol. The molecule has 2 aromatic rings. The molecule has 0 atom stereocenters. The van der Waals surface area contributed by atoms with Crippen LogP contribution in [-0.2, 0) is 16.6 Å². The lowest BCUT2D eigenvalue weighted by Gasteiger charge is -2.46. The summed E-state index contributed by atoms with van der Waals surface area (Å²) in [6, 6.07) is 17.4. The van der Waals surface area contributed by atoms with Crippen LogP contribution in [0.25, 0.3) is 0 Å². The number of carbonyl (C=O) groups is 2. The van der Waals surface area contributed by atoms with Gasteiger partial charge >= 0.3 is 5.97 Å². The number of carboxylic acids is 1. The predicted octanol–water partition coefficient (Wildman–Crippen LogP) is 3.55. The van der Waals surface area contributed by atoms with Gasteiger partial charge in [-0.25, -0.2) is 4.79 Å². The van der Waals surface area contributed by atoms with E-state index in [0.717, 1.165) is 12.8 Å². The van der Waals surface area contributed by atoms with Crippen LogP contribution in [0.2, 0.25) is 0 Å². The molecule has 0 spiro atoms. The van der Waals surface area contributed by atoms with Crippen molar-refractivity contribution in [3.05, 3.63) is 71.3 Å². The molecule has 25 heavy (non-hydrogen) atoms. The van der Waals surface area contributed by atoms with E-state index in [9.17, 15) is 14.7 Å². The first-order chi connectivity index (χ1) is 12.0. The molecule has 1 fully saturated rings. The van der Waals surface area contributed by atoms with Gasteiger partial charge in [-0.05, 0) is 41.9 Å². The fourth-order valence-corrected chi connectivity index (χ4v) is 3.70. The number of nitrogens with one attached hydrogen (secondary N) is 1. The molecule has 0 aromatic heterocycles. The Balaban J connectivity index is 1.50. The van der Waals surface area contributed by atoms with Gasteiger partial charge in [0, 0.05) is 12.5 Å². The summed E-state index contributed by atoms with van der Waals surface area (Å²) in [7, 11) is 0. The van der Waals surface area contributed by atoms with Crippen LogP contribution in [0.15, 0.2) is 54.6 Å². The second kappa shape index (κ2) is 7.09. The topological polar surface area (TPSA) is 66.4 Å². The molecular weight excluding hydrogens is 314 g/mol. The minimum Gasteiger partial charge on any atom is -0.478 e. The Bertz CT molecular complexity index is 764. The Labute approximate surface area is 147 Å². The van der Waals surface area contributed by atoms with E-state index in [0.29, 0.717) is 18.4 Å². The van der Waals surface area contributed by atoms with Gasteiger partial charge in [0.2, 0.25) is 5.91 Å². The summed E-state index contributed by atoms with van der Waals surface area (Å²) < 4.78 is 0. The van der Waals surface area contributed by atoms with Gasteiger partial charge in [0.05, 0.1) is 5.56 Å². The van der Waals surface area contributed by atoms with E-state index in [1.165, 1.54) is 5.56 Å². The van der Waals surface area contributed by atoms with Gasteiger partial charge in [-0.1, -0.05) is 55.5 Å². The lowest BCUT2D eigenvalue weighted by Crippen LogP contribution is -2.51. The standard InChI is InChI=1S/C21H23NO3/c1-21(16-8-3-2-4-9-16)13-17(14-21)22-19(23)12-11-15-7-5-6-10-18(15)20(24)25/h2-10,17H,11-14H2,1H3,(H,22,23)(H,24,25). The zero-order chi connectivity index (χ0) is 17.9. The zero-order valence-electron chi connectivity index (χ0n) is 14.4. The summed E-state index contributed by atoms with van der Waals surface area (Å²) in [4.78, 5) is 23.4. The van der Waals surface area contributed by atoms with E-state index in [4.69, 9.17) is 0 Å². The van der Waals surface area contributed by atoms with Crippen LogP contribution in [0, 0.1) is 0 Å². The van der Waals surface area contributed by atoms with Crippen LogP contribution < -0.4 is 5.32 Å². The second-order valence-electron chi connectivity index (χ2n) is 7.06. The number of carbonyl (C=O) groups excluding carboxylic acids is 1. The minimum atomic E-state index is -0.950. The normalized spacial score (nSPS) is 22.0. The molecule has 2 N–H and O–H groups in total. The van der Waals surface area contributed by atoms with Crippen molar-refractivity contribution in [1.29, 1.82) is 0 Å². The molecule has 3 rings (SSSR count). The Morgan fingerprint density at radius 1 is 1.08 bits per heavy atom. The third-order valence-corrected chi connectivity index (χ3v) is 5.10. The SMILES string of the molecule is CC1(c2ccccc2)CC(NC(=O)CCc2ccccc2C(=O)O)C1. The van der Waals surface area contributed by atoms with Crippen molar-refractivity contribution in [2.75, 3.05) is 0 Å². The number of aromatic carboxylic acids is 1. The quantitative estimate of drug-likeness (QED) is 0.847. The van der Waals surface area contributed by atoms with Crippen molar-refractivity contribution in [2.45, 2.75) is 44.1 Å². The molecule has 4 heteroatoms. The summed E-state index contributed by atoms with van der Waals surface area (Å²) in [6.45, 7) is 2.23. The third kappa shape index (κ3) is 3.90. The van der Waals surface area contributed by atoms with Gasteiger partial charge in [0.25, 0.3) is 0 Å². The van der Waals surface area contributed by atoms with Crippen molar-refractivity contribution >= 4 is 11.9 Å². The van der Waals surface area contributed by atoms with Crippen molar-refractivity contribution in [3.63, 3.8) is 0 Å². The highest BCUT2D eigenvalue weighted by Gasteiger charge is 2.41. The fourth-order valence-electron chi connectivity index (χ4n) is 3.70. The Morgan fingerprint density at radius 3 is 2.40 bits per heavy atom. The molecule has 0 heterocycles. The number of benzene rings is 2. The van der Waals surface area contributed by atoms with Crippen molar-refractivity contribution in [2.24, 2.45) is 0 Å². The lowest BCUT2D eigenvalue weighted by atomic mass is 9.63. The van der Waals surface area contributed by atoms with Gasteiger partial charge in [0.15, 0.2) is 0 Å². The van der Waals surface area contributed by atoms with Crippen LogP contribution >= 0.6 is 0 Å². The largest absolute Gasteiger partial charge is 0.478 e. The highest BCUT2D eigenvalue weighted by atomic mass is 16.4. The molecule has 0 radical (unpaired) electrons. The van der Waals surface area contributed by atoms with Gasteiger partial charge in [-0.3, -0.25) is 4.79 Å². The zero-order valence-corrected chi connectivity index (χ0v) is 14.4. The third-order valence-electron chi connectivity index (χ3n) is 5.10.